The highest BCUT2D eigenvalue weighted by Gasteiger charge is 2.34. The van der Waals surface area contributed by atoms with Crippen molar-refractivity contribution in [2.24, 2.45) is 5.92 Å². The summed E-state index contributed by atoms with van der Waals surface area (Å²) in [6.45, 7) is 4.99. The lowest BCUT2D eigenvalue weighted by molar-refractivity contribution is -0.0268. The van der Waals surface area contributed by atoms with E-state index in [4.69, 9.17) is 14.2 Å². The molecule has 206 valence electrons. The van der Waals surface area contributed by atoms with Crippen molar-refractivity contribution in [2.75, 3.05) is 25.5 Å². The number of hydrogen-bond donors (Lipinski definition) is 2. The van der Waals surface area contributed by atoms with Crippen LogP contribution in [0.1, 0.15) is 43.5 Å². The van der Waals surface area contributed by atoms with Gasteiger partial charge in [-0.2, -0.15) is 4.98 Å². The summed E-state index contributed by atoms with van der Waals surface area (Å²) in [5, 5.41) is 13.7. The minimum Gasteiger partial charge on any atom is -0.465 e. The molecular weight excluding hydrogens is 505 g/mol. The lowest BCUT2D eigenvalue weighted by atomic mass is 9.84. The van der Waals surface area contributed by atoms with Crippen LogP contribution in [0.25, 0.3) is 0 Å². The summed E-state index contributed by atoms with van der Waals surface area (Å²) < 4.78 is 29.7. The highest BCUT2D eigenvalue weighted by atomic mass is 19.1. The minimum atomic E-state index is -0.762. The van der Waals surface area contributed by atoms with Gasteiger partial charge in [0.25, 0.3) is 0 Å². The molecule has 1 aliphatic rings. The van der Waals surface area contributed by atoms with Gasteiger partial charge in [0.05, 0.1) is 24.0 Å². The molecule has 4 rings (SSSR count). The molecular formula is C29H32FN3O6. The molecule has 1 fully saturated rings. The Kier molecular flexibility index (Phi) is 8.65. The fourth-order valence-electron chi connectivity index (χ4n) is 4.47. The largest absolute Gasteiger partial charge is 0.465 e. The first-order valence-corrected chi connectivity index (χ1v) is 12.7. The van der Waals surface area contributed by atoms with Crippen molar-refractivity contribution in [3.05, 3.63) is 72.0 Å². The summed E-state index contributed by atoms with van der Waals surface area (Å²) in [6, 6.07) is 14.5. The zero-order valence-corrected chi connectivity index (χ0v) is 22.1. The SMILES string of the molecule is COC(=O)c1ccc(Oc2cc(NC(=O)N3CCC(O)(CC(C)C)CC3)cc(Oc3ccc(F)cc3)n2)cc1. The number of anilines is 1. The van der Waals surface area contributed by atoms with Crippen molar-refractivity contribution in [1.29, 1.82) is 0 Å². The lowest BCUT2D eigenvalue weighted by Gasteiger charge is -2.39. The number of hydrogen-bond acceptors (Lipinski definition) is 7. The maximum atomic E-state index is 13.3. The maximum absolute atomic E-state index is 13.3. The van der Waals surface area contributed by atoms with Gasteiger partial charge < -0.3 is 29.5 Å². The number of halogens is 1. The fraction of sp³-hybridized carbons (Fsp3) is 0.345. The molecule has 3 aromatic rings. The van der Waals surface area contributed by atoms with Gasteiger partial charge in [-0.15, -0.1) is 0 Å². The number of likely N-dealkylation sites (tertiary alicyclic amines) is 1. The van der Waals surface area contributed by atoms with Gasteiger partial charge in [-0.1, -0.05) is 13.8 Å². The van der Waals surface area contributed by atoms with Crippen LogP contribution in [0.2, 0.25) is 0 Å². The summed E-state index contributed by atoms with van der Waals surface area (Å²) in [7, 11) is 1.30. The van der Waals surface area contributed by atoms with Crippen LogP contribution in [0.4, 0.5) is 14.9 Å². The molecule has 2 amide bonds. The van der Waals surface area contributed by atoms with E-state index in [0.29, 0.717) is 61.0 Å². The molecule has 0 spiro atoms. The van der Waals surface area contributed by atoms with E-state index in [2.05, 4.69) is 24.1 Å². The zero-order valence-electron chi connectivity index (χ0n) is 22.1. The Labute approximate surface area is 226 Å². The molecule has 1 saturated heterocycles. The number of urea groups is 1. The summed E-state index contributed by atoms with van der Waals surface area (Å²) in [6.07, 6.45) is 1.70. The lowest BCUT2D eigenvalue weighted by Crippen LogP contribution is -2.48. The van der Waals surface area contributed by atoms with Crippen molar-refractivity contribution in [3.63, 3.8) is 0 Å². The zero-order chi connectivity index (χ0) is 28.0. The number of methoxy groups -OCH3 is 1. The molecule has 1 aliphatic heterocycles. The molecule has 2 heterocycles. The molecule has 0 saturated carbocycles. The van der Waals surface area contributed by atoms with E-state index in [1.807, 2.05) is 0 Å². The Bertz CT molecular complexity index is 1290. The Morgan fingerprint density at radius 2 is 1.54 bits per heavy atom. The van der Waals surface area contributed by atoms with Crippen LogP contribution in [0, 0.1) is 11.7 Å². The van der Waals surface area contributed by atoms with Gasteiger partial charge in [0.15, 0.2) is 0 Å². The van der Waals surface area contributed by atoms with Crippen LogP contribution in [0.15, 0.2) is 60.7 Å². The minimum absolute atomic E-state index is 0.116. The predicted octanol–water partition coefficient (Wildman–Crippen LogP) is 6.00. The Morgan fingerprint density at radius 3 is 2.05 bits per heavy atom. The van der Waals surface area contributed by atoms with Gasteiger partial charge in [0, 0.05) is 25.2 Å². The summed E-state index contributed by atoms with van der Waals surface area (Å²) in [5.74, 6) is 0.471. The summed E-state index contributed by atoms with van der Waals surface area (Å²) >= 11 is 0. The second kappa shape index (κ2) is 12.1. The second-order valence-electron chi connectivity index (χ2n) is 9.95. The number of aromatic nitrogens is 1. The smallest absolute Gasteiger partial charge is 0.337 e. The molecule has 10 heteroatoms. The third-order valence-corrected chi connectivity index (χ3v) is 6.33. The van der Waals surface area contributed by atoms with Gasteiger partial charge >= 0.3 is 12.0 Å². The molecule has 0 bridgehead atoms. The first-order chi connectivity index (χ1) is 18.6. The normalized spacial score (nSPS) is 14.6. The number of piperidine rings is 1. The van der Waals surface area contributed by atoms with Crippen molar-refractivity contribution in [2.45, 2.75) is 38.7 Å². The number of nitrogens with zero attached hydrogens (tertiary/aromatic N) is 2. The summed E-state index contributed by atoms with van der Waals surface area (Å²) in [5.41, 5.74) is -0.0281. The van der Waals surface area contributed by atoms with E-state index in [-0.39, 0.29) is 17.8 Å². The van der Waals surface area contributed by atoms with Crippen LogP contribution in [0.5, 0.6) is 23.3 Å². The van der Waals surface area contributed by atoms with Crippen molar-refractivity contribution in [1.82, 2.24) is 9.88 Å². The van der Waals surface area contributed by atoms with Crippen LogP contribution < -0.4 is 14.8 Å². The molecule has 0 radical (unpaired) electrons. The van der Waals surface area contributed by atoms with Gasteiger partial charge in [-0.05, 0) is 73.7 Å². The van der Waals surface area contributed by atoms with E-state index >= 15 is 0 Å². The van der Waals surface area contributed by atoms with Gasteiger partial charge in [0.2, 0.25) is 11.8 Å². The molecule has 0 atom stereocenters. The van der Waals surface area contributed by atoms with Crippen LogP contribution in [-0.2, 0) is 4.74 Å². The molecule has 39 heavy (non-hydrogen) atoms. The number of benzene rings is 2. The molecule has 9 nitrogen and oxygen atoms in total. The van der Waals surface area contributed by atoms with Crippen LogP contribution in [0.3, 0.4) is 0 Å². The first-order valence-electron chi connectivity index (χ1n) is 12.7. The second-order valence-corrected chi connectivity index (χ2v) is 9.95. The van der Waals surface area contributed by atoms with Gasteiger partial charge in [-0.25, -0.2) is 14.0 Å². The standard InChI is InChI=1S/C29H32FN3O6/c1-19(2)18-29(36)12-14-33(15-13-29)28(35)31-22-16-25(38-23-8-4-20(5-9-23)27(34)37-3)32-26(17-22)39-24-10-6-21(30)7-11-24/h4-11,16-17,19,36H,12-15,18H2,1-3H3,(H,31,32,35). The highest BCUT2D eigenvalue weighted by Crippen LogP contribution is 2.31. The number of aliphatic hydroxyl groups is 1. The summed E-state index contributed by atoms with van der Waals surface area (Å²) in [4.78, 5) is 30.8. The van der Waals surface area contributed by atoms with Crippen molar-refractivity contribution >= 4 is 17.7 Å². The number of nitrogens with one attached hydrogen (secondary N) is 1. The number of amides is 2. The molecule has 2 aromatic carbocycles. The van der Waals surface area contributed by atoms with E-state index in [1.54, 1.807) is 35.2 Å². The van der Waals surface area contributed by atoms with E-state index in [0.717, 1.165) is 0 Å². The van der Waals surface area contributed by atoms with E-state index < -0.39 is 17.4 Å². The number of rotatable bonds is 8. The van der Waals surface area contributed by atoms with E-state index in [1.165, 1.54) is 37.4 Å². The topological polar surface area (TPSA) is 110 Å². The number of carbonyl (C=O) groups is 2. The van der Waals surface area contributed by atoms with Gasteiger partial charge in [0.1, 0.15) is 17.3 Å². The number of esters is 1. The molecule has 0 aliphatic carbocycles. The fourth-order valence-corrected chi connectivity index (χ4v) is 4.47. The Hall–Kier alpha value is -4.18. The molecule has 1 aromatic heterocycles. The Balaban J connectivity index is 1.51. The van der Waals surface area contributed by atoms with Crippen molar-refractivity contribution < 1.29 is 33.3 Å². The third kappa shape index (κ3) is 7.67. The number of ether oxygens (including phenoxy) is 3. The van der Waals surface area contributed by atoms with Crippen LogP contribution >= 0.6 is 0 Å². The van der Waals surface area contributed by atoms with Crippen molar-refractivity contribution in [3.8, 4) is 23.3 Å². The average Bonchev–Trinajstić information content (AvgIpc) is 2.89. The molecule has 0 unspecified atom stereocenters. The van der Waals surface area contributed by atoms with E-state index in [9.17, 15) is 19.1 Å². The monoisotopic (exact) mass is 537 g/mol. The van der Waals surface area contributed by atoms with Crippen LogP contribution in [-0.4, -0.2) is 52.8 Å². The number of pyridine rings is 1. The third-order valence-electron chi connectivity index (χ3n) is 6.33. The average molecular weight is 538 g/mol. The first kappa shape index (κ1) is 27.8. The molecule has 2 N–H and O–H groups in total. The quantitative estimate of drug-likeness (QED) is 0.339. The maximum Gasteiger partial charge on any atom is 0.337 e. The Morgan fingerprint density at radius 1 is 1.00 bits per heavy atom. The highest BCUT2D eigenvalue weighted by molar-refractivity contribution is 5.90. The number of carbonyl (C=O) groups excluding carboxylic acids is 2. The van der Waals surface area contributed by atoms with Gasteiger partial charge in [-0.3, -0.25) is 0 Å². The predicted molar refractivity (Wildman–Crippen MR) is 143 cm³/mol.